The number of halogens is 1. The van der Waals surface area contributed by atoms with Crippen LogP contribution in [0.4, 0.5) is 4.39 Å². The van der Waals surface area contributed by atoms with Crippen LogP contribution >= 0.6 is 0 Å². The lowest BCUT2D eigenvalue weighted by Gasteiger charge is -2.15. The van der Waals surface area contributed by atoms with E-state index in [9.17, 15) is 9.18 Å². The maximum absolute atomic E-state index is 13.0. The molecule has 122 valence electrons. The number of likely N-dealkylation sites (tertiary alicyclic amines) is 1. The van der Waals surface area contributed by atoms with Crippen molar-refractivity contribution in [3.05, 3.63) is 65.9 Å². The summed E-state index contributed by atoms with van der Waals surface area (Å²) >= 11 is 0. The van der Waals surface area contributed by atoms with Crippen molar-refractivity contribution in [3.8, 4) is 0 Å². The Morgan fingerprint density at radius 2 is 2.12 bits per heavy atom. The molecule has 1 aliphatic rings. The normalized spacial score (nSPS) is 17.5. The van der Waals surface area contributed by atoms with Gasteiger partial charge in [-0.3, -0.25) is 4.79 Å². The molecule has 3 aromatic rings. The third-order valence-corrected chi connectivity index (χ3v) is 4.47. The lowest BCUT2D eigenvalue weighted by atomic mass is 9.99. The minimum absolute atomic E-state index is 0.0536. The van der Waals surface area contributed by atoms with Gasteiger partial charge in [0.2, 0.25) is 0 Å². The Labute approximate surface area is 138 Å². The number of benzene rings is 1. The van der Waals surface area contributed by atoms with Gasteiger partial charge in [0.15, 0.2) is 11.3 Å². The Morgan fingerprint density at radius 3 is 2.92 bits per heavy atom. The fourth-order valence-corrected chi connectivity index (χ4v) is 3.23. The number of fused-ring (bicyclic) bond motifs is 1. The van der Waals surface area contributed by atoms with E-state index < -0.39 is 0 Å². The fraction of sp³-hybridized carbons (Fsp3) is 0.278. The number of aromatic nitrogens is 3. The first-order valence-electron chi connectivity index (χ1n) is 8.03. The van der Waals surface area contributed by atoms with Gasteiger partial charge >= 0.3 is 0 Å². The summed E-state index contributed by atoms with van der Waals surface area (Å²) in [7, 11) is 0. The molecule has 5 nitrogen and oxygen atoms in total. The van der Waals surface area contributed by atoms with Crippen molar-refractivity contribution >= 4 is 11.6 Å². The monoisotopic (exact) mass is 324 g/mol. The van der Waals surface area contributed by atoms with Crippen molar-refractivity contribution in [2.24, 2.45) is 5.92 Å². The van der Waals surface area contributed by atoms with Crippen LogP contribution in [0.5, 0.6) is 0 Å². The van der Waals surface area contributed by atoms with E-state index in [2.05, 4.69) is 10.1 Å². The van der Waals surface area contributed by atoms with Crippen LogP contribution in [0, 0.1) is 11.7 Å². The molecule has 2 aromatic heterocycles. The zero-order valence-electron chi connectivity index (χ0n) is 13.1. The predicted molar refractivity (Wildman–Crippen MR) is 87.1 cm³/mol. The van der Waals surface area contributed by atoms with Gasteiger partial charge in [0, 0.05) is 31.5 Å². The molecular formula is C18H17FN4O. The lowest BCUT2D eigenvalue weighted by Crippen LogP contribution is -2.29. The minimum atomic E-state index is -0.220. The zero-order valence-corrected chi connectivity index (χ0v) is 13.1. The first-order valence-corrected chi connectivity index (χ1v) is 8.03. The molecule has 0 radical (unpaired) electrons. The van der Waals surface area contributed by atoms with Crippen LogP contribution < -0.4 is 0 Å². The Morgan fingerprint density at radius 1 is 1.29 bits per heavy atom. The molecule has 1 unspecified atom stereocenters. The molecule has 24 heavy (non-hydrogen) atoms. The van der Waals surface area contributed by atoms with E-state index in [1.807, 2.05) is 17.0 Å². The second kappa shape index (κ2) is 6.03. The van der Waals surface area contributed by atoms with E-state index in [0.29, 0.717) is 23.8 Å². The van der Waals surface area contributed by atoms with Gasteiger partial charge < -0.3 is 4.90 Å². The van der Waals surface area contributed by atoms with Crippen LogP contribution in [0.25, 0.3) is 5.65 Å². The van der Waals surface area contributed by atoms with E-state index in [4.69, 9.17) is 0 Å². The minimum Gasteiger partial charge on any atom is -0.337 e. The molecule has 1 aliphatic heterocycles. The van der Waals surface area contributed by atoms with Gasteiger partial charge in [0.05, 0.1) is 0 Å². The number of rotatable bonds is 3. The average Bonchev–Trinajstić information content (AvgIpc) is 3.23. The summed E-state index contributed by atoms with van der Waals surface area (Å²) in [6.45, 7) is 1.43. The van der Waals surface area contributed by atoms with Gasteiger partial charge in [-0.2, -0.15) is 5.10 Å². The third-order valence-electron chi connectivity index (χ3n) is 4.47. The molecule has 1 saturated heterocycles. The van der Waals surface area contributed by atoms with Gasteiger partial charge in [-0.1, -0.05) is 12.1 Å². The molecule has 1 amide bonds. The van der Waals surface area contributed by atoms with Crippen LogP contribution in [-0.2, 0) is 6.42 Å². The van der Waals surface area contributed by atoms with E-state index >= 15 is 0 Å². The van der Waals surface area contributed by atoms with Crippen LogP contribution in [0.3, 0.4) is 0 Å². The first kappa shape index (κ1) is 14.8. The predicted octanol–water partition coefficient (Wildman–Crippen LogP) is 2.57. The van der Waals surface area contributed by atoms with E-state index in [1.54, 1.807) is 29.0 Å². The Hall–Kier alpha value is -2.76. The molecule has 0 aliphatic carbocycles. The highest BCUT2D eigenvalue weighted by atomic mass is 19.1. The highest BCUT2D eigenvalue weighted by Crippen LogP contribution is 2.22. The molecule has 3 heterocycles. The number of carbonyl (C=O) groups excluding carboxylic acids is 1. The molecule has 4 rings (SSSR count). The van der Waals surface area contributed by atoms with Gasteiger partial charge in [0.25, 0.3) is 5.91 Å². The molecule has 1 aromatic carbocycles. The van der Waals surface area contributed by atoms with Crippen LogP contribution in [0.1, 0.15) is 22.5 Å². The maximum atomic E-state index is 13.0. The standard InChI is InChI=1S/C18H17FN4O/c19-15-4-2-13(3-5-15)10-14-6-9-22(12-14)18(24)16-11-17-20-7-1-8-23(17)21-16/h1-5,7-8,11,14H,6,9-10,12H2. The maximum Gasteiger partial charge on any atom is 0.274 e. The summed E-state index contributed by atoms with van der Waals surface area (Å²) in [5.74, 6) is 0.124. The average molecular weight is 324 g/mol. The van der Waals surface area contributed by atoms with Gasteiger partial charge in [-0.25, -0.2) is 13.9 Å². The number of hydrogen-bond acceptors (Lipinski definition) is 3. The lowest BCUT2D eigenvalue weighted by molar-refractivity contribution is 0.0781. The van der Waals surface area contributed by atoms with Crippen molar-refractivity contribution in [3.63, 3.8) is 0 Å². The fourth-order valence-electron chi connectivity index (χ4n) is 3.23. The summed E-state index contributed by atoms with van der Waals surface area (Å²) in [6, 6.07) is 10.1. The quantitative estimate of drug-likeness (QED) is 0.744. The van der Waals surface area contributed by atoms with Crippen molar-refractivity contribution in [2.75, 3.05) is 13.1 Å². The van der Waals surface area contributed by atoms with Gasteiger partial charge in [0.1, 0.15) is 5.82 Å². The summed E-state index contributed by atoms with van der Waals surface area (Å²) in [5.41, 5.74) is 2.20. The van der Waals surface area contributed by atoms with Crippen LogP contribution in [0.15, 0.2) is 48.8 Å². The van der Waals surface area contributed by atoms with Crippen LogP contribution in [-0.4, -0.2) is 38.5 Å². The molecule has 0 spiro atoms. The third kappa shape index (κ3) is 2.87. The zero-order chi connectivity index (χ0) is 16.5. The number of carbonyl (C=O) groups is 1. The topological polar surface area (TPSA) is 50.5 Å². The van der Waals surface area contributed by atoms with Gasteiger partial charge in [-0.15, -0.1) is 0 Å². The summed E-state index contributed by atoms with van der Waals surface area (Å²) in [4.78, 5) is 18.7. The highest BCUT2D eigenvalue weighted by molar-refractivity contribution is 5.93. The van der Waals surface area contributed by atoms with Gasteiger partial charge in [-0.05, 0) is 42.5 Å². The molecule has 6 heteroatoms. The van der Waals surface area contributed by atoms with E-state index in [1.165, 1.54) is 12.1 Å². The smallest absolute Gasteiger partial charge is 0.274 e. The van der Waals surface area contributed by atoms with Crippen molar-refractivity contribution < 1.29 is 9.18 Å². The van der Waals surface area contributed by atoms with E-state index in [-0.39, 0.29) is 11.7 Å². The summed E-state index contributed by atoms with van der Waals surface area (Å²) < 4.78 is 14.6. The Kier molecular flexibility index (Phi) is 3.72. The summed E-state index contributed by atoms with van der Waals surface area (Å²) in [5, 5.41) is 4.30. The van der Waals surface area contributed by atoms with Crippen molar-refractivity contribution in [1.82, 2.24) is 19.5 Å². The van der Waals surface area contributed by atoms with Crippen LogP contribution in [0.2, 0.25) is 0 Å². The first-order chi connectivity index (χ1) is 11.7. The second-order valence-corrected chi connectivity index (χ2v) is 6.19. The van der Waals surface area contributed by atoms with E-state index in [0.717, 1.165) is 24.9 Å². The largest absolute Gasteiger partial charge is 0.337 e. The Bertz CT molecular complexity index is 841. The number of amides is 1. The van der Waals surface area contributed by atoms with Crippen molar-refractivity contribution in [2.45, 2.75) is 12.8 Å². The number of hydrogen-bond donors (Lipinski definition) is 0. The van der Waals surface area contributed by atoms with Crippen molar-refractivity contribution in [1.29, 1.82) is 0 Å². The molecule has 0 N–H and O–H groups in total. The summed E-state index contributed by atoms with van der Waals surface area (Å²) in [6.07, 6.45) is 5.27. The Balaban J connectivity index is 1.44. The number of nitrogens with zero attached hydrogens (tertiary/aromatic N) is 4. The second-order valence-electron chi connectivity index (χ2n) is 6.19. The highest BCUT2D eigenvalue weighted by Gasteiger charge is 2.28. The molecule has 0 bridgehead atoms. The molecule has 1 atom stereocenters. The molecular weight excluding hydrogens is 307 g/mol. The molecule has 1 fully saturated rings. The SMILES string of the molecule is O=C(c1cc2ncccn2n1)N1CCC(Cc2ccc(F)cc2)C1. The molecule has 0 saturated carbocycles.